The zero-order valence-electron chi connectivity index (χ0n) is 18.3. The van der Waals surface area contributed by atoms with Crippen LogP contribution in [-0.4, -0.2) is 45.9 Å². The Labute approximate surface area is 194 Å². The highest BCUT2D eigenvalue weighted by molar-refractivity contribution is 7.98. The van der Waals surface area contributed by atoms with Crippen molar-refractivity contribution in [3.8, 4) is 0 Å². The highest BCUT2D eigenvalue weighted by Gasteiger charge is 2.35. The van der Waals surface area contributed by atoms with Crippen LogP contribution in [0.5, 0.6) is 0 Å². The molecule has 0 atom stereocenters. The molecule has 1 amide bonds. The first-order chi connectivity index (χ1) is 15.8. The number of imidazole rings is 1. The molecule has 1 aliphatic heterocycles. The molecule has 0 aliphatic carbocycles. The van der Waals surface area contributed by atoms with Crippen LogP contribution in [0.1, 0.15) is 29.7 Å². The number of nitrogens with one attached hydrogen (secondary N) is 1. The Morgan fingerprint density at radius 2 is 1.88 bits per heavy atom. The molecule has 1 N–H and O–H groups in total. The second-order valence-corrected chi connectivity index (χ2v) is 9.30. The quantitative estimate of drug-likeness (QED) is 0.514. The van der Waals surface area contributed by atoms with Gasteiger partial charge in [0.05, 0.1) is 6.20 Å². The summed E-state index contributed by atoms with van der Waals surface area (Å²) < 4.78 is 40.3. The summed E-state index contributed by atoms with van der Waals surface area (Å²) in [6.07, 6.45) is -2.45. The lowest BCUT2D eigenvalue weighted by Gasteiger charge is -2.32. The van der Waals surface area contributed by atoms with Gasteiger partial charge in [0.15, 0.2) is 11.3 Å². The second-order valence-electron chi connectivity index (χ2n) is 8.19. The number of halogens is 3. The van der Waals surface area contributed by atoms with Crippen LogP contribution in [0.15, 0.2) is 42.6 Å². The first-order valence-corrected chi connectivity index (χ1v) is 12.0. The molecule has 1 aliphatic rings. The third kappa shape index (κ3) is 5.79. The van der Waals surface area contributed by atoms with Gasteiger partial charge in [-0.25, -0.2) is 9.50 Å². The number of thioether (sulfide) groups is 1. The van der Waals surface area contributed by atoms with Crippen LogP contribution in [0.4, 0.5) is 19.0 Å². The van der Waals surface area contributed by atoms with Gasteiger partial charge >= 0.3 is 6.18 Å². The van der Waals surface area contributed by atoms with Gasteiger partial charge in [-0.3, -0.25) is 4.79 Å². The number of rotatable bonds is 7. The Balaban J connectivity index is 1.23. The molecule has 0 bridgehead atoms. The van der Waals surface area contributed by atoms with Crippen LogP contribution in [0.2, 0.25) is 0 Å². The molecule has 0 saturated carbocycles. The molecule has 4 rings (SSSR count). The smallest absolute Gasteiger partial charge is 0.355 e. The van der Waals surface area contributed by atoms with Crippen LogP contribution in [-0.2, 0) is 16.7 Å². The van der Waals surface area contributed by atoms with Crippen molar-refractivity contribution in [1.29, 1.82) is 0 Å². The maximum absolute atomic E-state index is 13.2. The van der Waals surface area contributed by atoms with Gasteiger partial charge in [-0.1, -0.05) is 29.8 Å². The van der Waals surface area contributed by atoms with Crippen molar-refractivity contribution in [2.75, 3.05) is 30.3 Å². The normalized spacial score (nSPS) is 15.2. The minimum Gasteiger partial charge on any atom is -0.355 e. The number of nitrogens with zero attached hydrogens (tertiary/aromatic N) is 4. The minimum atomic E-state index is -4.52. The topological polar surface area (TPSA) is 62.5 Å². The second kappa shape index (κ2) is 10.0. The number of anilines is 1. The van der Waals surface area contributed by atoms with E-state index < -0.39 is 11.9 Å². The van der Waals surface area contributed by atoms with Crippen molar-refractivity contribution in [3.63, 3.8) is 0 Å². The molecule has 33 heavy (non-hydrogen) atoms. The molecule has 3 heterocycles. The molecular formula is C23H26F3N5OS. The molecule has 0 unspecified atom stereocenters. The van der Waals surface area contributed by atoms with Crippen molar-refractivity contribution in [2.45, 2.75) is 31.7 Å². The fourth-order valence-corrected chi connectivity index (χ4v) is 4.68. The fraction of sp³-hybridized carbons (Fsp3) is 0.435. The summed E-state index contributed by atoms with van der Waals surface area (Å²) in [4.78, 5) is 18.2. The van der Waals surface area contributed by atoms with Gasteiger partial charge in [-0.05, 0) is 37.5 Å². The minimum absolute atomic E-state index is 0.0444. The van der Waals surface area contributed by atoms with E-state index in [0.29, 0.717) is 38.3 Å². The van der Waals surface area contributed by atoms with Gasteiger partial charge in [0.2, 0.25) is 5.91 Å². The molecule has 2 aromatic heterocycles. The Morgan fingerprint density at radius 3 is 2.58 bits per heavy atom. The Morgan fingerprint density at radius 1 is 1.15 bits per heavy atom. The Bertz CT molecular complexity index is 1090. The Hall–Kier alpha value is -2.75. The van der Waals surface area contributed by atoms with E-state index in [-0.39, 0.29) is 17.5 Å². The van der Waals surface area contributed by atoms with Crippen molar-refractivity contribution in [2.24, 2.45) is 5.92 Å². The fourth-order valence-electron chi connectivity index (χ4n) is 3.86. The first kappa shape index (κ1) is 23.4. The standard InChI is InChI=1S/C23H26F3N5OS/c1-16-2-4-17(5-3-16)15-33-13-10-27-22(32)18-8-11-30(12-9-18)21-7-6-20-28-14-19(23(24,25)26)31(20)29-21/h2-7,14,18H,8-13,15H2,1H3,(H,27,32). The summed E-state index contributed by atoms with van der Waals surface area (Å²) in [5.74, 6) is 2.17. The summed E-state index contributed by atoms with van der Waals surface area (Å²) in [5, 5.41) is 7.17. The summed E-state index contributed by atoms with van der Waals surface area (Å²) in [6.45, 7) is 3.81. The van der Waals surface area contributed by atoms with E-state index in [1.54, 1.807) is 17.8 Å². The number of aryl methyl sites for hydroxylation is 1. The largest absolute Gasteiger partial charge is 0.435 e. The number of hydrogen-bond donors (Lipinski definition) is 1. The zero-order chi connectivity index (χ0) is 23.4. The molecule has 3 aromatic rings. The van der Waals surface area contributed by atoms with Crippen LogP contribution >= 0.6 is 11.8 Å². The number of fused-ring (bicyclic) bond motifs is 1. The lowest BCUT2D eigenvalue weighted by atomic mass is 9.96. The van der Waals surface area contributed by atoms with E-state index in [0.717, 1.165) is 22.2 Å². The molecule has 1 saturated heterocycles. The van der Waals surface area contributed by atoms with Gasteiger partial charge in [0.1, 0.15) is 5.82 Å². The predicted octanol–water partition coefficient (Wildman–Crippen LogP) is 4.32. The maximum Gasteiger partial charge on any atom is 0.435 e. The molecular weight excluding hydrogens is 451 g/mol. The number of aromatic nitrogens is 3. The van der Waals surface area contributed by atoms with E-state index in [1.165, 1.54) is 17.2 Å². The summed E-state index contributed by atoms with van der Waals surface area (Å²) >= 11 is 1.78. The van der Waals surface area contributed by atoms with E-state index in [9.17, 15) is 18.0 Å². The molecule has 1 fully saturated rings. The van der Waals surface area contributed by atoms with Crippen molar-refractivity contribution in [3.05, 3.63) is 59.4 Å². The first-order valence-electron chi connectivity index (χ1n) is 10.9. The zero-order valence-corrected chi connectivity index (χ0v) is 19.1. The van der Waals surface area contributed by atoms with E-state index in [4.69, 9.17) is 0 Å². The van der Waals surface area contributed by atoms with Crippen LogP contribution in [0, 0.1) is 12.8 Å². The van der Waals surface area contributed by atoms with Gasteiger partial charge in [0, 0.05) is 37.1 Å². The number of amides is 1. The van der Waals surface area contributed by atoms with Gasteiger partial charge in [-0.15, -0.1) is 5.10 Å². The third-order valence-corrected chi connectivity index (χ3v) is 6.79. The number of carbonyl (C=O) groups excluding carboxylic acids is 1. The molecule has 0 spiro atoms. The number of carbonyl (C=O) groups is 1. The van der Waals surface area contributed by atoms with Crippen molar-refractivity contribution in [1.82, 2.24) is 19.9 Å². The lowest BCUT2D eigenvalue weighted by Crippen LogP contribution is -2.41. The van der Waals surface area contributed by atoms with Crippen LogP contribution in [0.25, 0.3) is 5.65 Å². The monoisotopic (exact) mass is 477 g/mol. The Kier molecular flexibility index (Phi) is 7.11. The molecule has 10 heteroatoms. The van der Waals surface area contributed by atoms with Crippen LogP contribution < -0.4 is 10.2 Å². The predicted molar refractivity (Wildman–Crippen MR) is 123 cm³/mol. The van der Waals surface area contributed by atoms with Gasteiger partial charge in [0.25, 0.3) is 0 Å². The number of piperidine rings is 1. The summed E-state index contributed by atoms with van der Waals surface area (Å²) in [7, 11) is 0. The highest BCUT2D eigenvalue weighted by atomic mass is 32.2. The molecule has 1 aromatic carbocycles. The maximum atomic E-state index is 13.2. The number of alkyl halides is 3. The van der Waals surface area contributed by atoms with E-state index >= 15 is 0 Å². The van der Waals surface area contributed by atoms with Crippen molar-refractivity contribution < 1.29 is 18.0 Å². The van der Waals surface area contributed by atoms with Gasteiger partial charge in [-0.2, -0.15) is 24.9 Å². The lowest BCUT2D eigenvalue weighted by molar-refractivity contribution is -0.142. The molecule has 176 valence electrons. The summed E-state index contributed by atoms with van der Waals surface area (Å²) in [5.41, 5.74) is 1.77. The van der Waals surface area contributed by atoms with E-state index in [2.05, 4.69) is 46.6 Å². The molecule has 6 nitrogen and oxygen atoms in total. The average molecular weight is 478 g/mol. The number of hydrogen-bond acceptors (Lipinski definition) is 5. The summed E-state index contributed by atoms with van der Waals surface area (Å²) in [6, 6.07) is 11.7. The van der Waals surface area contributed by atoms with Gasteiger partial charge < -0.3 is 10.2 Å². The highest BCUT2D eigenvalue weighted by Crippen LogP contribution is 2.30. The average Bonchev–Trinajstić information content (AvgIpc) is 3.24. The van der Waals surface area contributed by atoms with Crippen LogP contribution in [0.3, 0.4) is 0 Å². The number of benzene rings is 1. The SMILES string of the molecule is Cc1ccc(CSCCNC(=O)C2CCN(c3ccc4ncc(C(F)(F)F)n4n3)CC2)cc1. The van der Waals surface area contributed by atoms with E-state index in [1.807, 2.05) is 4.90 Å². The van der Waals surface area contributed by atoms with Crippen molar-refractivity contribution >= 4 is 29.1 Å². The molecule has 0 radical (unpaired) electrons. The third-order valence-electron chi connectivity index (χ3n) is 5.76.